The number of imide groups is 1. The average Bonchev–Trinajstić information content (AvgIpc) is 3.37. The second kappa shape index (κ2) is 8.39. The minimum absolute atomic E-state index is 0.127. The van der Waals surface area contributed by atoms with Crippen LogP contribution in [0.5, 0.6) is 5.75 Å². The number of aromatic nitrogens is 1. The first-order valence-corrected chi connectivity index (χ1v) is 10.5. The van der Waals surface area contributed by atoms with Gasteiger partial charge in [0.2, 0.25) is 5.91 Å². The van der Waals surface area contributed by atoms with Gasteiger partial charge < -0.3 is 19.9 Å². The molecule has 9 nitrogen and oxygen atoms in total. The predicted octanol–water partition coefficient (Wildman–Crippen LogP) is 2.74. The first kappa shape index (κ1) is 22.6. The highest BCUT2D eigenvalue weighted by molar-refractivity contribution is 7.14. The predicted molar refractivity (Wildman–Crippen MR) is 112 cm³/mol. The number of hydrogen-bond donors (Lipinski definition) is 1. The monoisotopic (exact) mass is 481 g/mol. The van der Waals surface area contributed by atoms with Crippen molar-refractivity contribution in [3.63, 3.8) is 0 Å². The fourth-order valence-electron chi connectivity index (χ4n) is 3.65. The molecule has 1 aromatic heterocycles. The van der Waals surface area contributed by atoms with Crippen LogP contribution in [-0.2, 0) is 9.59 Å². The van der Waals surface area contributed by atoms with Crippen LogP contribution in [0.25, 0.3) is 11.3 Å². The van der Waals surface area contributed by atoms with Gasteiger partial charge in [-0.25, -0.2) is 9.78 Å². The number of urea groups is 1. The molecular formula is C20H18F3N5O4S. The van der Waals surface area contributed by atoms with Crippen molar-refractivity contribution in [1.29, 1.82) is 0 Å². The number of fused-ring (bicyclic) bond motifs is 1. The molecule has 2 unspecified atom stereocenters. The molecule has 0 bridgehead atoms. The Morgan fingerprint density at radius 2 is 1.91 bits per heavy atom. The highest BCUT2D eigenvalue weighted by atomic mass is 32.1. The molecule has 2 aromatic rings. The summed E-state index contributed by atoms with van der Waals surface area (Å²) in [6, 6.07) is 3.66. The van der Waals surface area contributed by atoms with E-state index in [-0.39, 0.29) is 12.3 Å². The summed E-state index contributed by atoms with van der Waals surface area (Å²) in [4.78, 5) is 45.5. The standard InChI is InChI=1S/C20H18F3N5O4S/c1-26-14-7-8-28(16(14)17(30)27(2)19(26)31)9-15(29)25-18-24-13(10-33-18)11-3-5-12(6-4-11)32-20(21,22)23/h3-8,10,14,16H,9H2,1-2H3,(H,24,25,29). The number of rotatable bonds is 5. The molecule has 2 aliphatic rings. The van der Waals surface area contributed by atoms with Crippen molar-refractivity contribution in [2.45, 2.75) is 18.4 Å². The molecule has 2 aliphatic heterocycles. The first-order chi connectivity index (χ1) is 15.5. The molecule has 2 atom stereocenters. The fraction of sp³-hybridized carbons (Fsp3) is 0.300. The quantitative estimate of drug-likeness (QED) is 0.706. The molecular weight excluding hydrogens is 463 g/mol. The van der Waals surface area contributed by atoms with Gasteiger partial charge in [0.15, 0.2) is 5.13 Å². The van der Waals surface area contributed by atoms with E-state index < -0.39 is 36.3 Å². The number of ether oxygens (including phenoxy) is 1. The van der Waals surface area contributed by atoms with Crippen LogP contribution >= 0.6 is 11.3 Å². The normalized spacial score (nSPS) is 20.3. The molecule has 1 N–H and O–H groups in total. The third-order valence-electron chi connectivity index (χ3n) is 5.24. The van der Waals surface area contributed by atoms with Crippen LogP contribution in [0.4, 0.5) is 23.1 Å². The number of likely N-dealkylation sites (N-methyl/N-ethyl adjacent to an activating group) is 2. The molecule has 3 heterocycles. The minimum atomic E-state index is -4.77. The van der Waals surface area contributed by atoms with E-state index >= 15 is 0 Å². The molecule has 1 aromatic carbocycles. The maximum atomic E-state index is 12.6. The number of thiazole rings is 1. The second-order valence-corrected chi connectivity index (χ2v) is 8.26. The molecule has 0 aliphatic carbocycles. The summed E-state index contributed by atoms with van der Waals surface area (Å²) in [5, 5.41) is 4.61. The summed E-state index contributed by atoms with van der Waals surface area (Å²) < 4.78 is 40.7. The zero-order valence-electron chi connectivity index (χ0n) is 17.4. The van der Waals surface area contributed by atoms with Crippen molar-refractivity contribution in [3.05, 3.63) is 41.9 Å². The Kier molecular flexibility index (Phi) is 5.74. The van der Waals surface area contributed by atoms with E-state index in [2.05, 4.69) is 15.0 Å². The van der Waals surface area contributed by atoms with Crippen LogP contribution in [0.3, 0.4) is 0 Å². The molecule has 1 saturated heterocycles. The number of halogens is 3. The number of nitrogens with one attached hydrogen (secondary N) is 1. The first-order valence-electron chi connectivity index (χ1n) is 9.63. The zero-order valence-corrected chi connectivity index (χ0v) is 18.2. The minimum Gasteiger partial charge on any atom is -0.406 e. The number of nitrogens with zero attached hydrogens (tertiary/aromatic N) is 4. The Labute approximate surface area is 190 Å². The molecule has 0 spiro atoms. The van der Waals surface area contributed by atoms with Crippen molar-refractivity contribution >= 4 is 34.3 Å². The van der Waals surface area contributed by atoms with E-state index in [1.165, 1.54) is 36.2 Å². The summed E-state index contributed by atoms with van der Waals surface area (Å²) in [5.74, 6) is -1.15. The lowest BCUT2D eigenvalue weighted by molar-refractivity contribution is -0.274. The van der Waals surface area contributed by atoms with E-state index in [1.54, 1.807) is 29.6 Å². The van der Waals surface area contributed by atoms with Crippen molar-refractivity contribution in [3.8, 4) is 17.0 Å². The summed E-state index contributed by atoms with van der Waals surface area (Å²) in [5.41, 5.74) is 1.02. The Morgan fingerprint density at radius 3 is 2.58 bits per heavy atom. The Bertz CT molecular complexity index is 1120. The van der Waals surface area contributed by atoms with Gasteiger partial charge in [0.05, 0.1) is 18.3 Å². The highest BCUT2D eigenvalue weighted by Crippen LogP contribution is 2.29. The van der Waals surface area contributed by atoms with Gasteiger partial charge >= 0.3 is 12.4 Å². The van der Waals surface area contributed by atoms with Gasteiger partial charge in [-0.3, -0.25) is 14.5 Å². The van der Waals surface area contributed by atoms with E-state index in [0.29, 0.717) is 16.4 Å². The third kappa shape index (κ3) is 4.62. The number of alkyl halides is 3. The maximum Gasteiger partial charge on any atom is 0.573 e. The van der Waals surface area contributed by atoms with Crippen LogP contribution < -0.4 is 10.1 Å². The van der Waals surface area contributed by atoms with Gasteiger partial charge in [-0.1, -0.05) is 0 Å². The van der Waals surface area contributed by atoms with E-state index in [9.17, 15) is 27.6 Å². The van der Waals surface area contributed by atoms with Gasteiger partial charge in [0.1, 0.15) is 11.8 Å². The highest BCUT2D eigenvalue weighted by Gasteiger charge is 2.47. The Morgan fingerprint density at radius 1 is 1.21 bits per heavy atom. The number of carbonyl (C=O) groups excluding carboxylic acids is 3. The van der Waals surface area contributed by atoms with Gasteiger partial charge in [0.25, 0.3) is 5.91 Å². The van der Waals surface area contributed by atoms with Crippen LogP contribution in [0.2, 0.25) is 0 Å². The molecule has 4 rings (SSSR count). The Hall–Kier alpha value is -3.61. The third-order valence-corrected chi connectivity index (χ3v) is 5.99. The van der Waals surface area contributed by atoms with Crippen LogP contribution in [0.15, 0.2) is 41.9 Å². The lowest BCUT2D eigenvalue weighted by Gasteiger charge is -2.40. The number of amides is 4. The summed E-state index contributed by atoms with van der Waals surface area (Å²) >= 11 is 1.15. The van der Waals surface area contributed by atoms with Gasteiger partial charge in [-0.15, -0.1) is 24.5 Å². The van der Waals surface area contributed by atoms with Gasteiger partial charge in [-0.05, 0) is 36.5 Å². The zero-order chi connectivity index (χ0) is 23.9. The largest absolute Gasteiger partial charge is 0.573 e. The van der Waals surface area contributed by atoms with E-state index in [1.807, 2.05) is 0 Å². The maximum absolute atomic E-state index is 12.6. The molecule has 174 valence electrons. The van der Waals surface area contributed by atoms with Crippen LogP contribution in [-0.4, -0.2) is 76.6 Å². The topological polar surface area (TPSA) is 95.1 Å². The van der Waals surface area contributed by atoms with Crippen molar-refractivity contribution in [1.82, 2.24) is 19.7 Å². The second-order valence-electron chi connectivity index (χ2n) is 7.40. The molecule has 0 saturated carbocycles. The van der Waals surface area contributed by atoms with E-state index in [0.717, 1.165) is 16.2 Å². The van der Waals surface area contributed by atoms with Crippen molar-refractivity contribution in [2.24, 2.45) is 0 Å². The summed E-state index contributed by atoms with van der Waals surface area (Å²) in [7, 11) is 2.99. The number of hydrogen-bond acceptors (Lipinski definition) is 7. The lowest BCUT2D eigenvalue weighted by Crippen LogP contribution is -2.63. The van der Waals surface area contributed by atoms with Gasteiger partial charge in [-0.2, -0.15) is 0 Å². The van der Waals surface area contributed by atoms with Crippen LogP contribution in [0, 0.1) is 0 Å². The van der Waals surface area contributed by atoms with Crippen molar-refractivity contribution < 1.29 is 32.3 Å². The van der Waals surface area contributed by atoms with E-state index in [4.69, 9.17) is 0 Å². The summed E-state index contributed by atoms with van der Waals surface area (Å²) in [6.45, 7) is -0.127. The Balaban J connectivity index is 1.38. The van der Waals surface area contributed by atoms with Crippen molar-refractivity contribution in [2.75, 3.05) is 26.0 Å². The molecule has 33 heavy (non-hydrogen) atoms. The number of anilines is 1. The van der Waals surface area contributed by atoms with Gasteiger partial charge in [0, 0.05) is 25.0 Å². The summed E-state index contributed by atoms with van der Waals surface area (Å²) in [6.07, 6.45) is -1.45. The molecule has 4 amide bonds. The molecule has 0 radical (unpaired) electrons. The smallest absolute Gasteiger partial charge is 0.406 e. The number of carbonyl (C=O) groups is 3. The SMILES string of the molecule is CN1C(=O)C2C(C=CN2CC(=O)Nc2nc(-c3ccc(OC(F)(F)F)cc3)cs2)N(C)C1=O. The average molecular weight is 481 g/mol. The lowest BCUT2D eigenvalue weighted by atomic mass is 10.1. The van der Waals surface area contributed by atoms with Crippen LogP contribution in [0.1, 0.15) is 0 Å². The molecule has 13 heteroatoms. The fourth-order valence-corrected chi connectivity index (χ4v) is 4.38. The number of benzene rings is 1. The molecule has 1 fully saturated rings.